The smallest absolute Gasteiger partial charge is 0.224 e. The normalized spacial score (nSPS) is 17.3. The van der Waals surface area contributed by atoms with E-state index in [-0.39, 0.29) is 18.0 Å². The number of carbonyl (C=O) groups excluding carboxylic acids is 1. The van der Waals surface area contributed by atoms with Gasteiger partial charge in [-0.25, -0.2) is 4.68 Å². The number of fused-ring (bicyclic) bond motifs is 1. The summed E-state index contributed by atoms with van der Waals surface area (Å²) < 4.78 is 1.84. The van der Waals surface area contributed by atoms with Gasteiger partial charge in [0, 0.05) is 47.5 Å². The Labute approximate surface area is 199 Å². The second-order valence-electron chi connectivity index (χ2n) is 8.80. The van der Waals surface area contributed by atoms with Gasteiger partial charge in [-0.3, -0.25) is 4.79 Å². The zero-order valence-electron chi connectivity index (χ0n) is 19.3. The summed E-state index contributed by atoms with van der Waals surface area (Å²) in [4.78, 5) is 14.4. The number of amides is 1. The highest BCUT2D eigenvalue weighted by Gasteiger charge is 2.32. The largest absolute Gasteiger partial charge is 0.399 e. The number of nitrogens with one attached hydrogen (secondary N) is 1. The molecule has 1 amide bonds. The highest BCUT2D eigenvalue weighted by Crippen LogP contribution is 2.41. The third-order valence-corrected chi connectivity index (χ3v) is 6.31. The predicted molar refractivity (Wildman–Crippen MR) is 138 cm³/mol. The molecule has 1 aliphatic heterocycles. The van der Waals surface area contributed by atoms with Crippen molar-refractivity contribution in [1.82, 2.24) is 9.78 Å². The van der Waals surface area contributed by atoms with Gasteiger partial charge in [-0.05, 0) is 85.6 Å². The van der Waals surface area contributed by atoms with Crippen molar-refractivity contribution in [2.75, 3.05) is 21.7 Å². The van der Waals surface area contributed by atoms with E-state index >= 15 is 0 Å². The zero-order chi connectivity index (χ0) is 23.8. The van der Waals surface area contributed by atoms with Crippen molar-refractivity contribution in [2.24, 2.45) is 0 Å². The van der Waals surface area contributed by atoms with Gasteiger partial charge in [-0.1, -0.05) is 6.07 Å². The number of nitrogens with zero attached hydrogens (tertiary/aromatic N) is 3. The molecule has 7 nitrogen and oxygen atoms in total. The Kier molecular flexibility index (Phi) is 5.45. The summed E-state index contributed by atoms with van der Waals surface area (Å²) in [5.41, 5.74) is 18.9. The van der Waals surface area contributed by atoms with Crippen molar-refractivity contribution >= 4 is 28.7 Å². The summed E-state index contributed by atoms with van der Waals surface area (Å²) in [6.07, 6.45) is 2.73. The van der Waals surface area contributed by atoms with E-state index < -0.39 is 0 Å². The van der Waals surface area contributed by atoms with Gasteiger partial charge < -0.3 is 21.7 Å². The van der Waals surface area contributed by atoms with Crippen LogP contribution in [0.4, 0.5) is 22.7 Å². The summed E-state index contributed by atoms with van der Waals surface area (Å²) in [5.74, 6) is 0.0417. The number of nitrogen functional groups attached to an aromatic ring is 2. The molecule has 34 heavy (non-hydrogen) atoms. The molecule has 5 rings (SSSR count). The van der Waals surface area contributed by atoms with Gasteiger partial charge in [0.15, 0.2) is 0 Å². The molecule has 3 aromatic carbocycles. The molecule has 0 spiro atoms. The summed E-state index contributed by atoms with van der Waals surface area (Å²) in [5, 5.41) is 8.42. The Bertz CT molecular complexity index is 1330. The first-order chi connectivity index (χ1) is 16.4. The number of aromatic nitrogens is 2. The van der Waals surface area contributed by atoms with Crippen molar-refractivity contribution in [2.45, 2.75) is 32.4 Å². The van der Waals surface area contributed by atoms with Crippen molar-refractivity contribution in [3.05, 3.63) is 84.6 Å². The van der Waals surface area contributed by atoms with Crippen LogP contribution in [0.15, 0.2) is 79.0 Å². The van der Waals surface area contributed by atoms with E-state index in [4.69, 9.17) is 16.6 Å². The fourth-order valence-electron chi connectivity index (χ4n) is 4.67. The van der Waals surface area contributed by atoms with Crippen LogP contribution in [0.5, 0.6) is 0 Å². The van der Waals surface area contributed by atoms with E-state index in [1.807, 2.05) is 82.5 Å². The first kappa shape index (κ1) is 21.6. The lowest BCUT2D eigenvalue weighted by Crippen LogP contribution is -2.43. The monoisotopic (exact) mass is 452 g/mol. The second kappa shape index (κ2) is 8.59. The van der Waals surface area contributed by atoms with Gasteiger partial charge in [0.1, 0.15) is 0 Å². The van der Waals surface area contributed by atoms with Gasteiger partial charge in [-0.2, -0.15) is 5.10 Å². The van der Waals surface area contributed by atoms with Crippen molar-refractivity contribution in [1.29, 1.82) is 0 Å². The summed E-state index contributed by atoms with van der Waals surface area (Å²) in [6.45, 7) is 3.71. The SMILES string of the molecule is CC(=O)N1c2ccc(-c3ccn(-c4ccc(N)cc4)n3)cc2[C@H](Nc2ccc(N)cc2)C[C@@H]1C. The van der Waals surface area contributed by atoms with Crippen LogP contribution in [0, 0.1) is 0 Å². The molecule has 5 N–H and O–H groups in total. The molecule has 172 valence electrons. The third-order valence-electron chi connectivity index (χ3n) is 6.31. The molecular weight excluding hydrogens is 424 g/mol. The first-order valence-corrected chi connectivity index (χ1v) is 11.4. The standard InChI is InChI=1S/C27H28N6O/c1-17-15-26(30-22-8-4-20(28)5-9-22)24-16-19(3-12-27(24)33(17)18(2)34)25-13-14-32(31-25)23-10-6-21(29)7-11-23/h3-14,16-17,26,30H,15,28-29H2,1-2H3/t17-,26+/m0/s1. The number of benzene rings is 3. The Hall–Kier alpha value is -4.26. The Balaban J connectivity index is 1.52. The molecule has 0 radical (unpaired) electrons. The minimum atomic E-state index is 0.0417. The van der Waals surface area contributed by atoms with E-state index in [9.17, 15) is 4.79 Å². The molecule has 0 fully saturated rings. The van der Waals surface area contributed by atoms with E-state index in [1.165, 1.54) is 0 Å². The van der Waals surface area contributed by atoms with E-state index in [1.54, 1.807) is 6.92 Å². The average Bonchev–Trinajstić information content (AvgIpc) is 3.31. The van der Waals surface area contributed by atoms with E-state index in [2.05, 4.69) is 18.3 Å². The fourth-order valence-corrected chi connectivity index (χ4v) is 4.67. The zero-order valence-corrected chi connectivity index (χ0v) is 19.3. The van der Waals surface area contributed by atoms with Crippen LogP contribution < -0.4 is 21.7 Å². The maximum atomic E-state index is 12.5. The number of nitrogens with two attached hydrogens (primary N) is 2. The van der Waals surface area contributed by atoms with Crippen molar-refractivity contribution < 1.29 is 4.79 Å². The molecule has 2 heterocycles. The molecule has 0 saturated carbocycles. The molecule has 1 aromatic heterocycles. The lowest BCUT2D eigenvalue weighted by Gasteiger charge is -2.39. The highest BCUT2D eigenvalue weighted by molar-refractivity contribution is 5.94. The summed E-state index contributed by atoms with van der Waals surface area (Å²) in [7, 11) is 0. The van der Waals surface area contributed by atoms with Crippen molar-refractivity contribution in [3.8, 4) is 16.9 Å². The maximum absolute atomic E-state index is 12.5. The van der Waals surface area contributed by atoms with Gasteiger partial charge in [-0.15, -0.1) is 0 Å². The molecule has 2 atom stereocenters. The fraction of sp³-hybridized carbons (Fsp3) is 0.185. The Morgan fingerprint density at radius 1 is 0.971 bits per heavy atom. The van der Waals surface area contributed by atoms with Gasteiger partial charge >= 0.3 is 0 Å². The highest BCUT2D eigenvalue weighted by atomic mass is 16.2. The summed E-state index contributed by atoms with van der Waals surface area (Å²) >= 11 is 0. The topological polar surface area (TPSA) is 102 Å². The van der Waals surface area contributed by atoms with Crippen LogP contribution in [0.1, 0.15) is 31.9 Å². The lowest BCUT2D eigenvalue weighted by atomic mass is 9.89. The molecule has 0 unspecified atom stereocenters. The van der Waals surface area contributed by atoms with Gasteiger partial charge in [0.2, 0.25) is 5.91 Å². The molecule has 0 saturated heterocycles. The molecule has 7 heteroatoms. The first-order valence-electron chi connectivity index (χ1n) is 11.4. The predicted octanol–water partition coefficient (Wildman–Crippen LogP) is 5.00. The number of hydrogen-bond acceptors (Lipinski definition) is 5. The van der Waals surface area contributed by atoms with Crippen LogP contribution in [0.2, 0.25) is 0 Å². The number of rotatable bonds is 4. The molecule has 0 bridgehead atoms. The Morgan fingerprint density at radius 2 is 1.65 bits per heavy atom. The molecular formula is C27H28N6O. The molecule has 4 aromatic rings. The van der Waals surface area contributed by atoms with Crippen LogP contribution in [0.25, 0.3) is 16.9 Å². The number of anilines is 4. The van der Waals surface area contributed by atoms with Gasteiger partial charge in [0.25, 0.3) is 0 Å². The molecule has 0 aliphatic carbocycles. The van der Waals surface area contributed by atoms with Crippen LogP contribution >= 0.6 is 0 Å². The number of hydrogen-bond donors (Lipinski definition) is 3. The third kappa shape index (κ3) is 4.08. The van der Waals surface area contributed by atoms with Gasteiger partial charge in [0.05, 0.1) is 17.4 Å². The maximum Gasteiger partial charge on any atom is 0.224 e. The lowest BCUT2D eigenvalue weighted by molar-refractivity contribution is -0.117. The van der Waals surface area contributed by atoms with E-state index in [0.717, 1.165) is 51.7 Å². The van der Waals surface area contributed by atoms with Crippen LogP contribution in [-0.2, 0) is 4.79 Å². The average molecular weight is 453 g/mol. The minimum Gasteiger partial charge on any atom is -0.399 e. The van der Waals surface area contributed by atoms with E-state index in [0.29, 0.717) is 0 Å². The quantitative estimate of drug-likeness (QED) is 0.378. The second-order valence-corrected chi connectivity index (χ2v) is 8.80. The van der Waals surface area contributed by atoms with Crippen LogP contribution in [-0.4, -0.2) is 21.7 Å². The summed E-state index contributed by atoms with van der Waals surface area (Å²) in [6, 6.07) is 23.7. The minimum absolute atomic E-state index is 0.0417. The molecule has 1 aliphatic rings. The Morgan fingerprint density at radius 3 is 2.32 bits per heavy atom. The van der Waals surface area contributed by atoms with Crippen LogP contribution in [0.3, 0.4) is 0 Å². The van der Waals surface area contributed by atoms with Crippen molar-refractivity contribution in [3.63, 3.8) is 0 Å². The number of carbonyl (C=O) groups is 1.